The summed E-state index contributed by atoms with van der Waals surface area (Å²) in [7, 11) is 0. The molecule has 2 aromatic heterocycles. The minimum absolute atomic E-state index is 0.461. The van der Waals surface area contributed by atoms with Crippen molar-refractivity contribution in [3.05, 3.63) is 60.2 Å². The lowest BCUT2D eigenvalue weighted by molar-refractivity contribution is 0.134. The first-order chi connectivity index (χ1) is 15.6. The van der Waals surface area contributed by atoms with Gasteiger partial charge in [0.05, 0.1) is 23.5 Å². The van der Waals surface area contributed by atoms with Gasteiger partial charge in [-0.1, -0.05) is 39.8 Å². The molecule has 0 aliphatic carbocycles. The summed E-state index contributed by atoms with van der Waals surface area (Å²) < 4.78 is 0. The lowest BCUT2D eigenvalue weighted by Crippen LogP contribution is -2.46. The van der Waals surface area contributed by atoms with E-state index in [1.165, 1.54) is 11.4 Å². The molecule has 4 rings (SSSR count). The van der Waals surface area contributed by atoms with Crippen molar-refractivity contribution in [3.8, 4) is 0 Å². The Bertz CT molecular complexity index is 674. The second-order valence-corrected chi connectivity index (χ2v) is 9.46. The van der Waals surface area contributed by atoms with Crippen molar-refractivity contribution in [1.82, 2.24) is 30.4 Å². The zero-order valence-corrected chi connectivity index (χ0v) is 20.4. The molecule has 2 atom stereocenters. The largest absolute Gasteiger partial charge is 0.314 e. The van der Waals surface area contributed by atoms with Gasteiger partial charge in [0.15, 0.2) is 0 Å². The molecule has 4 heterocycles. The predicted molar refractivity (Wildman–Crippen MR) is 133 cm³/mol. The van der Waals surface area contributed by atoms with Crippen LogP contribution in [0.4, 0.5) is 0 Å². The highest BCUT2D eigenvalue weighted by atomic mass is 15.2. The molecule has 176 valence electrons. The molecule has 6 heteroatoms. The SMILES string of the molecule is CC(C)[C@@H](c1ccccn1)N1CCNCC1.CC(C)[C@H](c1ccccn1)N1CCNCC1. The van der Waals surface area contributed by atoms with E-state index in [0.717, 1.165) is 52.4 Å². The van der Waals surface area contributed by atoms with E-state index in [1.54, 1.807) is 0 Å². The van der Waals surface area contributed by atoms with Crippen LogP contribution in [-0.2, 0) is 0 Å². The molecule has 2 N–H and O–H groups in total. The molecular weight excluding hydrogens is 396 g/mol. The quantitative estimate of drug-likeness (QED) is 0.721. The average Bonchev–Trinajstić information content (AvgIpc) is 2.82. The van der Waals surface area contributed by atoms with Gasteiger partial charge in [-0.15, -0.1) is 0 Å². The Morgan fingerprint density at radius 2 is 1.00 bits per heavy atom. The monoisotopic (exact) mass is 438 g/mol. The van der Waals surface area contributed by atoms with Crippen LogP contribution in [0.5, 0.6) is 0 Å². The van der Waals surface area contributed by atoms with E-state index in [9.17, 15) is 0 Å². The highest BCUT2D eigenvalue weighted by Gasteiger charge is 2.26. The fourth-order valence-corrected chi connectivity index (χ4v) is 4.92. The van der Waals surface area contributed by atoms with Crippen LogP contribution in [0.25, 0.3) is 0 Å². The summed E-state index contributed by atoms with van der Waals surface area (Å²) in [4.78, 5) is 14.1. The number of rotatable bonds is 6. The van der Waals surface area contributed by atoms with E-state index in [2.05, 4.69) is 82.4 Å². The van der Waals surface area contributed by atoms with E-state index < -0.39 is 0 Å². The van der Waals surface area contributed by atoms with Crippen molar-refractivity contribution < 1.29 is 0 Å². The molecule has 0 unspecified atom stereocenters. The van der Waals surface area contributed by atoms with Crippen molar-refractivity contribution in [3.63, 3.8) is 0 Å². The topological polar surface area (TPSA) is 56.3 Å². The Morgan fingerprint density at radius 3 is 1.28 bits per heavy atom. The van der Waals surface area contributed by atoms with Gasteiger partial charge in [-0.05, 0) is 36.1 Å². The molecule has 0 radical (unpaired) electrons. The highest BCUT2D eigenvalue weighted by Crippen LogP contribution is 2.27. The third kappa shape index (κ3) is 7.07. The van der Waals surface area contributed by atoms with Gasteiger partial charge in [0.2, 0.25) is 0 Å². The van der Waals surface area contributed by atoms with Gasteiger partial charge >= 0.3 is 0 Å². The van der Waals surface area contributed by atoms with Gasteiger partial charge in [0.25, 0.3) is 0 Å². The van der Waals surface area contributed by atoms with E-state index in [1.807, 2.05) is 24.5 Å². The maximum absolute atomic E-state index is 4.51. The van der Waals surface area contributed by atoms with Crippen LogP contribution >= 0.6 is 0 Å². The molecule has 2 aliphatic rings. The Hall–Kier alpha value is -1.86. The number of nitrogens with zero attached hydrogens (tertiary/aromatic N) is 4. The van der Waals surface area contributed by atoms with Crippen LogP contribution in [0.15, 0.2) is 48.8 Å². The Labute approximate surface area is 194 Å². The van der Waals surface area contributed by atoms with E-state index >= 15 is 0 Å². The third-order valence-corrected chi connectivity index (χ3v) is 6.33. The van der Waals surface area contributed by atoms with Crippen molar-refractivity contribution in [2.75, 3.05) is 52.4 Å². The molecule has 0 bridgehead atoms. The van der Waals surface area contributed by atoms with Gasteiger partial charge in [0, 0.05) is 64.8 Å². The predicted octanol–water partition coefficient (Wildman–Crippen LogP) is 3.37. The first kappa shape index (κ1) is 24.8. The van der Waals surface area contributed by atoms with Crippen molar-refractivity contribution in [1.29, 1.82) is 0 Å². The standard InChI is InChI=1S/2C13H21N3/c2*1-11(2)13(12-5-3-4-6-15-12)16-9-7-14-8-10-16/h2*3-6,11,13-14H,7-10H2,1-2H3/t2*13-/m10/s1. The summed E-state index contributed by atoms with van der Waals surface area (Å²) in [5.74, 6) is 1.21. The van der Waals surface area contributed by atoms with Crippen LogP contribution in [-0.4, -0.2) is 72.1 Å². The zero-order chi connectivity index (χ0) is 22.8. The van der Waals surface area contributed by atoms with Crippen molar-refractivity contribution in [2.45, 2.75) is 39.8 Å². The minimum atomic E-state index is 0.461. The smallest absolute Gasteiger partial charge is 0.0578 e. The van der Waals surface area contributed by atoms with Gasteiger partial charge in [0.1, 0.15) is 0 Å². The highest BCUT2D eigenvalue weighted by molar-refractivity contribution is 5.11. The lowest BCUT2D eigenvalue weighted by atomic mass is 9.98. The number of aromatic nitrogens is 2. The first-order valence-corrected chi connectivity index (χ1v) is 12.3. The number of hydrogen-bond donors (Lipinski definition) is 2. The molecule has 2 fully saturated rings. The molecule has 0 amide bonds. The van der Waals surface area contributed by atoms with Crippen molar-refractivity contribution >= 4 is 0 Å². The Balaban J connectivity index is 0.000000181. The molecule has 0 spiro atoms. The molecule has 32 heavy (non-hydrogen) atoms. The number of piperazine rings is 2. The molecule has 0 saturated carbocycles. The van der Waals surface area contributed by atoms with Gasteiger partial charge in [-0.25, -0.2) is 0 Å². The van der Waals surface area contributed by atoms with Gasteiger partial charge in [-0.3, -0.25) is 19.8 Å². The first-order valence-electron chi connectivity index (χ1n) is 12.3. The lowest BCUT2D eigenvalue weighted by Gasteiger charge is -2.36. The summed E-state index contributed by atoms with van der Waals surface area (Å²) in [6.45, 7) is 18.0. The normalized spacial score (nSPS) is 19.9. The van der Waals surface area contributed by atoms with Crippen LogP contribution in [0.1, 0.15) is 51.2 Å². The molecule has 0 aromatic carbocycles. The summed E-state index contributed by atoms with van der Waals surface area (Å²) >= 11 is 0. The molecule has 6 nitrogen and oxygen atoms in total. The maximum Gasteiger partial charge on any atom is 0.0578 e. The van der Waals surface area contributed by atoms with Crippen LogP contribution in [0, 0.1) is 11.8 Å². The number of nitrogens with one attached hydrogen (secondary N) is 2. The van der Waals surface area contributed by atoms with E-state index in [4.69, 9.17) is 0 Å². The van der Waals surface area contributed by atoms with Gasteiger partial charge in [-0.2, -0.15) is 0 Å². The van der Waals surface area contributed by atoms with Crippen LogP contribution in [0.3, 0.4) is 0 Å². The minimum Gasteiger partial charge on any atom is -0.314 e. The Kier molecular flexibility index (Phi) is 10.1. The fourth-order valence-electron chi connectivity index (χ4n) is 4.92. The van der Waals surface area contributed by atoms with Crippen LogP contribution in [0.2, 0.25) is 0 Å². The van der Waals surface area contributed by atoms with E-state index in [0.29, 0.717) is 23.9 Å². The summed E-state index contributed by atoms with van der Waals surface area (Å²) in [5, 5.41) is 6.80. The third-order valence-electron chi connectivity index (χ3n) is 6.33. The maximum atomic E-state index is 4.51. The second-order valence-electron chi connectivity index (χ2n) is 9.46. The molecule has 2 saturated heterocycles. The molecular formula is C26H42N6. The second kappa shape index (κ2) is 13.0. The van der Waals surface area contributed by atoms with E-state index in [-0.39, 0.29) is 0 Å². The fraction of sp³-hybridized carbons (Fsp3) is 0.615. The summed E-state index contributed by atoms with van der Waals surface area (Å²) in [6.07, 6.45) is 3.79. The zero-order valence-electron chi connectivity index (χ0n) is 20.4. The summed E-state index contributed by atoms with van der Waals surface area (Å²) in [6, 6.07) is 13.3. The molecule has 2 aliphatic heterocycles. The Morgan fingerprint density at radius 1 is 0.625 bits per heavy atom. The van der Waals surface area contributed by atoms with Gasteiger partial charge < -0.3 is 10.6 Å². The number of hydrogen-bond acceptors (Lipinski definition) is 6. The average molecular weight is 439 g/mol. The number of pyridine rings is 2. The van der Waals surface area contributed by atoms with Crippen LogP contribution < -0.4 is 10.6 Å². The summed E-state index contributed by atoms with van der Waals surface area (Å²) in [5.41, 5.74) is 2.42. The molecule has 2 aromatic rings. The van der Waals surface area contributed by atoms with Crippen molar-refractivity contribution in [2.24, 2.45) is 11.8 Å².